The predicted molar refractivity (Wildman–Crippen MR) is 98.4 cm³/mol. The summed E-state index contributed by atoms with van der Waals surface area (Å²) in [4.78, 5) is 63.4. The van der Waals surface area contributed by atoms with Crippen molar-refractivity contribution in [1.29, 1.82) is 0 Å². The molecule has 0 saturated carbocycles. The van der Waals surface area contributed by atoms with Crippen LogP contribution in [-0.4, -0.2) is 26.7 Å². The van der Waals surface area contributed by atoms with E-state index in [0.29, 0.717) is 10.6 Å². The van der Waals surface area contributed by atoms with Gasteiger partial charge < -0.3 is 9.72 Å². The van der Waals surface area contributed by atoms with Crippen LogP contribution in [0.4, 0.5) is 11.4 Å². The fourth-order valence-electron chi connectivity index (χ4n) is 2.84. The topological polar surface area (TPSA) is 155 Å². The number of nitrogens with one attached hydrogen (secondary N) is 2. The quantitative estimate of drug-likeness (QED) is 0.386. The van der Waals surface area contributed by atoms with Gasteiger partial charge in [-0.2, -0.15) is 0 Å². The molecule has 0 fully saturated rings. The van der Waals surface area contributed by atoms with Crippen molar-refractivity contribution >= 4 is 23.2 Å². The van der Waals surface area contributed by atoms with Gasteiger partial charge in [-0.25, -0.2) is 9.69 Å². The average Bonchev–Trinajstić information content (AvgIpc) is 2.93. The third-order valence-electron chi connectivity index (χ3n) is 4.18. The molecule has 0 saturated heterocycles. The molecule has 0 atom stereocenters. The lowest BCUT2D eigenvalue weighted by Gasteiger charge is -2.11. The number of amides is 2. The van der Waals surface area contributed by atoms with Gasteiger partial charge in [-0.3, -0.25) is 29.5 Å². The molecule has 1 aromatic heterocycles. The summed E-state index contributed by atoms with van der Waals surface area (Å²) in [7, 11) is 0. The Hall–Kier alpha value is -4.54. The maximum atomic E-state index is 12.7. The molecule has 0 bridgehead atoms. The molecule has 4 rings (SSSR count). The van der Waals surface area contributed by atoms with Crippen LogP contribution >= 0.6 is 0 Å². The number of carbonyl (C=O) groups is 2. The van der Waals surface area contributed by atoms with E-state index in [0.717, 1.165) is 6.20 Å². The summed E-state index contributed by atoms with van der Waals surface area (Å²) in [6, 6.07) is 9.47. The van der Waals surface area contributed by atoms with Crippen LogP contribution in [0.3, 0.4) is 0 Å². The maximum absolute atomic E-state index is 12.7. The summed E-state index contributed by atoms with van der Waals surface area (Å²) < 4.78 is 5.58. The zero-order valence-corrected chi connectivity index (χ0v) is 14.4. The fourth-order valence-corrected chi connectivity index (χ4v) is 2.84. The molecule has 1 aliphatic heterocycles. The van der Waals surface area contributed by atoms with Crippen molar-refractivity contribution in [3.05, 3.63) is 90.7 Å². The van der Waals surface area contributed by atoms with Gasteiger partial charge in [0.2, 0.25) is 0 Å². The number of nitro groups is 1. The predicted octanol–water partition coefficient (Wildman–Crippen LogP) is 1.56. The van der Waals surface area contributed by atoms with E-state index in [1.54, 1.807) is 0 Å². The lowest BCUT2D eigenvalue weighted by Crippen LogP contribution is -2.36. The summed E-state index contributed by atoms with van der Waals surface area (Å²) in [6.45, 7) is 0. The summed E-state index contributed by atoms with van der Waals surface area (Å²) in [5, 5.41) is 10.7. The van der Waals surface area contributed by atoms with Crippen molar-refractivity contribution in [2.24, 2.45) is 0 Å². The highest BCUT2D eigenvalue weighted by Crippen LogP contribution is 2.31. The number of hydrogen-bond acceptors (Lipinski definition) is 7. The average molecular weight is 394 g/mol. The molecule has 29 heavy (non-hydrogen) atoms. The van der Waals surface area contributed by atoms with Gasteiger partial charge in [0, 0.05) is 18.3 Å². The van der Waals surface area contributed by atoms with Crippen LogP contribution in [0.15, 0.2) is 58.3 Å². The number of aromatic amines is 2. The van der Waals surface area contributed by atoms with Crippen LogP contribution in [0.1, 0.15) is 20.7 Å². The molecule has 144 valence electrons. The second kappa shape index (κ2) is 6.56. The zero-order chi connectivity index (χ0) is 20.7. The number of H-pyrrole nitrogens is 2. The monoisotopic (exact) mass is 394 g/mol. The van der Waals surface area contributed by atoms with E-state index in [2.05, 4.69) is 4.98 Å². The lowest BCUT2D eigenvalue weighted by molar-refractivity contribution is -0.384. The molecule has 11 heteroatoms. The number of rotatable bonds is 4. The molecule has 2 heterocycles. The van der Waals surface area contributed by atoms with Crippen LogP contribution in [0.2, 0.25) is 0 Å². The molecular weight excluding hydrogens is 384 g/mol. The standard InChI is InChI=1S/C18H10N4O7/c23-15-14(8-19-18(26)20-15)21-16(24)12-6-5-11(7-13(12)17(21)25)29-10-3-1-9(2-4-10)22(27)28/h1-8H,(H2,19,20,23,26). The third-order valence-corrected chi connectivity index (χ3v) is 4.18. The smallest absolute Gasteiger partial charge is 0.325 e. The zero-order valence-electron chi connectivity index (χ0n) is 14.4. The van der Waals surface area contributed by atoms with Crippen molar-refractivity contribution in [1.82, 2.24) is 9.97 Å². The first-order valence-electron chi connectivity index (χ1n) is 8.12. The minimum absolute atomic E-state index is 0.0139. The molecule has 1 aliphatic rings. The number of nitro benzene ring substituents is 1. The van der Waals surface area contributed by atoms with Gasteiger partial charge in [0.15, 0.2) is 0 Å². The Morgan fingerprint density at radius 3 is 2.21 bits per heavy atom. The molecule has 0 aliphatic carbocycles. The number of non-ortho nitro benzene ring substituents is 1. The Balaban J connectivity index is 1.65. The molecule has 3 aromatic rings. The molecule has 11 nitrogen and oxygen atoms in total. The number of anilines is 1. The Morgan fingerprint density at radius 1 is 0.897 bits per heavy atom. The van der Waals surface area contributed by atoms with Gasteiger partial charge in [0.25, 0.3) is 23.1 Å². The largest absolute Gasteiger partial charge is 0.457 e. The van der Waals surface area contributed by atoms with Crippen LogP contribution in [0.25, 0.3) is 0 Å². The van der Waals surface area contributed by atoms with Gasteiger partial charge in [-0.1, -0.05) is 0 Å². The van der Waals surface area contributed by atoms with Crippen LogP contribution in [-0.2, 0) is 0 Å². The lowest BCUT2D eigenvalue weighted by atomic mass is 10.1. The first kappa shape index (κ1) is 17.9. The normalized spacial score (nSPS) is 12.8. The van der Waals surface area contributed by atoms with Crippen LogP contribution < -0.4 is 20.9 Å². The number of nitrogens with zero attached hydrogens (tertiary/aromatic N) is 2. The van der Waals surface area contributed by atoms with Crippen molar-refractivity contribution in [3.8, 4) is 11.5 Å². The maximum Gasteiger partial charge on any atom is 0.325 e. The van der Waals surface area contributed by atoms with E-state index in [1.807, 2.05) is 4.98 Å². The second-order valence-corrected chi connectivity index (χ2v) is 5.96. The van der Waals surface area contributed by atoms with E-state index in [-0.39, 0.29) is 28.3 Å². The number of imide groups is 1. The first-order chi connectivity index (χ1) is 13.8. The van der Waals surface area contributed by atoms with Gasteiger partial charge in [0.05, 0.1) is 16.1 Å². The van der Waals surface area contributed by atoms with Crippen LogP contribution in [0.5, 0.6) is 11.5 Å². The molecular formula is C18H10N4O7. The summed E-state index contributed by atoms with van der Waals surface area (Å²) >= 11 is 0. The number of fused-ring (bicyclic) bond motifs is 1. The van der Waals surface area contributed by atoms with Crippen molar-refractivity contribution in [3.63, 3.8) is 0 Å². The highest BCUT2D eigenvalue weighted by molar-refractivity contribution is 6.34. The van der Waals surface area contributed by atoms with Crippen LogP contribution in [0, 0.1) is 10.1 Å². The number of ether oxygens (including phenoxy) is 1. The number of aromatic nitrogens is 2. The molecule has 0 spiro atoms. The number of hydrogen-bond donors (Lipinski definition) is 2. The van der Waals surface area contributed by atoms with E-state index < -0.39 is 28.0 Å². The van der Waals surface area contributed by atoms with Gasteiger partial charge >= 0.3 is 5.69 Å². The molecule has 0 unspecified atom stereocenters. The number of carbonyl (C=O) groups excluding carboxylic acids is 2. The Labute approximate surface area is 160 Å². The molecule has 2 N–H and O–H groups in total. The van der Waals surface area contributed by atoms with E-state index in [9.17, 15) is 29.3 Å². The minimum Gasteiger partial charge on any atom is -0.457 e. The second-order valence-electron chi connectivity index (χ2n) is 5.96. The first-order valence-corrected chi connectivity index (χ1v) is 8.12. The summed E-state index contributed by atoms with van der Waals surface area (Å²) in [5.74, 6) is -0.960. The SMILES string of the molecule is O=C1c2ccc(Oc3ccc([N+](=O)[O-])cc3)cc2C(=O)N1c1c[nH]c(=O)[nH]c1=O. The van der Waals surface area contributed by atoms with E-state index in [4.69, 9.17) is 4.74 Å². The molecule has 2 amide bonds. The summed E-state index contributed by atoms with van der Waals surface area (Å²) in [6.07, 6.45) is 0.983. The highest BCUT2D eigenvalue weighted by atomic mass is 16.6. The van der Waals surface area contributed by atoms with E-state index in [1.165, 1.54) is 42.5 Å². The molecule has 2 aromatic carbocycles. The Morgan fingerprint density at radius 2 is 1.55 bits per heavy atom. The number of benzene rings is 2. The van der Waals surface area contributed by atoms with Crippen molar-refractivity contribution in [2.45, 2.75) is 0 Å². The Bertz CT molecular complexity index is 1290. The molecule has 0 radical (unpaired) electrons. The highest BCUT2D eigenvalue weighted by Gasteiger charge is 2.38. The van der Waals surface area contributed by atoms with Gasteiger partial charge in [0.1, 0.15) is 17.2 Å². The van der Waals surface area contributed by atoms with Crippen molar-refractivity contribution in [2.75, 3.05) is 4.90 Å². The summed E-state index contributed by atoms with van der Waals surface area (Å²) in [5.41, 5.74) is -1.99. The van der Waals surface area contributed by atoms with E-state index >= 15 is 0 Å². The van der Waals surface area contributed by atoms with Gasteiger partial charge in [-0.05, 0) is 30.3 Å². The Kier molecular flexibility index (Phi) is 4.04. The fraction of sp³-hybridized carbons (Fsp3) is 0. The van der Waals surface area contributed by atoms with Crippen molar-refractivity contribution < 1.29 is 19.2 Å². The third kappa shape index (κ3) is 3.06. The minimum atomic E-state index is -0.884. The van der Waals surface area contributed by atoms with Gasteiger partial charge in [-0.15, -0.1) is 0 Å².